The Labute approximate surface area is 137 Å². The second-order valence-electron chi connectivity index (χ2n) is 4.83. The molecule has 0 aliphatic carbocycles. The molecule has 1 aromatic carbocycles. The fraction of sp³-hybridized carbons (Fsp3) is 0.357. The van der Waals surface area contributed by atoms with Gasteiger partial charge in [0.05, 0.1) is 19.3 Å². The first-order valence-electron chi connectivity index (χ1n) is 6.59. The van der Waals surface area contributed by atoms with E-state index in [0.29, 0.717) is 36.2 Å². The highest BCUT2D eigenvalue weighted by molar-refractivity contribution is 9.10. The Morgan fingerprint density at radius 3 is 2.77 bits per heavy atom. The van der Waals surface area contributed by atoms with Crippen LogP contribution in [0, 0.1) is 0 Å². The first-order chi connectivity index (χ1) is 10.4. The molecule has 0 radical (unpaired) electrons. The molecule has 118 valence electrons. The summed E-state index contributed by atoms with van der Waals surface area (Å²) in [7, 11) is 0. The number of halogens is 4. The second-order valence-corrected chi connectivity index (χ2v) is 6.70. The van der Waals surface area contributed by atoms with Crippen LogP contribution >= 0.6 is 27.3 Å². The zero-order chi connectivity index (χ0) is 15.7. The lowest BCUT2D eigenvalue weighted by molar-refractivity contribution is -0.134. The van der Waals surface area contributed by atoms with Gasteiger partial charge >= 0.3 is 6.18 Å². The van der Waals surface area contributed by atoms with Gasteiger partial charge in [-0.3, -0.25) is 0 Å². The van der Waals surface area contributed by atoms with Crippen LogP contribution in [-0.2, 0) is 10.9 Å². The van der Waals surface area contributed by atoms with E-state index in [1.54, 1.807) is 0 Å². The van der Waals surface area contributed by atoms with Gasteiger partial charge in [-0.25, -0.2) is 4.98 Å². The van der Waals surface area contributed by atoms with Gasteiger partial charge in [-0.15, -0.1) is 0 Å². The highest BCUT2D eigenvalue weighted by Crippen LogP contribution is 2.38. The Bertz CT molecular complexity index is 662. The number of benzene rings is 1. The van der Waals surface area contributed by atoms with Crippen molar-refractivity contribution in [3.63, 3.8) is 0 Å². The lowest BCUT2D eigenvalue weighted by atomic mass is 10.1. The Morgan fingerprint density at radius 2 is 2.09 bits per heavy atom. The Balaban J connectivity index is 1.79. The third-order valence-corrected chi connectivity index (χ3v) is 5.19. The molecule has 0 amide bonds. The molecule has 0 saturated carbocycles. The SMILES string of the molecule is FC(F)(F)c1cnc(N2CCOC(c3ccccc3Br)C2)s1. The molecule has 8 heteroatoms. The van der Waals surface area contributed by atoms with Crippen molar-refractivity contribution in [3.8, 4) is 0 Å². The number of thiazole rings is 1. The summed E-state index contributed by atoms with van der Waals surface area (Å²) in [6.07, 6.45) is -3.64. The molecule has 22 heavy (non-hydrogen) atoms. The topological polar surface area (TPSA) is 25.4 Å². The molecule has 0 N–H and O–H groups in total. The zero-order valence-corrected chi connectivity index (χ0v) is 13.7. The van der Waals surface area contributed by atoms with Crippen molar-refractivity contribution < 1.29 is 17.9 Å². The van der Waals surface area contributed by atoms with E-state index in [2.05, 4.69) is 20.9 Å². The molecular formula is C14H12BrF3N2OS. The molecule has 1 aliphatic heterocycles. The van der Waals surface area contributed by atoms with Gasteiger partial charge in [-0.1, -0.05) is 45.5 Å². The molecule has 0 spiro atoms. The van der Waals surface area contributed by atoms with Crippen molar-refractivity contribution >= 4 is 32.4 Å². The van der Waals surface area contributed by atoms with Gasteiger partial charge < -0.3 is 9.64 Å². The molecule has 2 aromatic rings. The van der Waals surface area contributed by atoms with E-state index >= 15 is 0 Å². The van der Waals surface area contributed by atoms with E-state index in [1.165, 1.54) is 0 Å². The predicted octanol–water partition coefficient (Wildman–Crippen LogP) is 4.50. The number of rotatable bonds is 2. The Morgan fingerprint density at radius 1 is 1.32 bits per heavy atom. The van der Waals surface area contributed by atoms with Crippen LogP contribution in [0.2, 0.25) is 0 Å². The molecule has 2 heterocycles. The summed E-state index contributed by atoms with van der Waals surface area (Å²) in [5.41, 5.74) is 0.986. The van der Waals surface area contributed by atoms with Crippen molar-refractivity contribution in [2.45, 2.75) is 12.3 Å². The molecule has 3 nitrogen and oxygen atoms in total. The van der Waals surface area contributed by atoms with Gasteiger partial charge in [0.1, 0.15) is 11.0 Å². The van der Waals surface area contributed by atoms with Gasteiger partial charge in [0, 0.05) is 11.0 Å². The molecule has 1 saturated heterocycles. The maximum absolute atomic E-state index is 12.7. The number of alkyl halides is 3. The second kappa shape index (κ2) is 6.17. The predicted molar refractivity (Wildman–Crippen MR) is 82.2 cm³/mol. The van der Waals surface area contributed by atoms with Crippen LogP contribution in [0.25, 0.3) is 0 Å². The molecular weight excluding hydrogens is 381 g/mol. The van der Waals surface area contributed by atoms with E-state index in [4.69, 9.17) is 4.74 Å². The number of hydrogen-bond donors (Lipinski definition) is 0. The van der Waals surface area contributed by atoms with Gasteiger partial charge in [-0.2, -0.15) is 13.2 Å². The molecule has 1 fully saturated rings. The lowest BCUT2D eigenvalue weighted by Crippen LogP contribution is -2.38. The number of anilines is 1. The maximum Gasteiger partial charge on any atom is 0.427 e. The van der Waals surface area contributed by atoms with Crippen LogP contribution in [0.15, 0.2) is 34.9 Å². The van der Waals surface area contributed by atoms with Gasteiger partial charge in [-0.05, 0) is 11.6 Å². The van der Waals surface area contributed by atoms with E-state index in [0.717, 1.165) is 16.2 Å². The Kier molecular flexibility index (Phi) is 4.42. The van der Waals surface area contributed by atoms with Gasteiger partial charge in [0.2, 0.25) is 0 Å². The standard InChI is InChI=1S/C14H12BrF3N2OS/c15-10-4-2-1-3-9(10)11-8-20(5-6-21-11)13-19-7-12(22-13)14(16,17)18/h1-4,7,11H,5-6,8H2. The lowest BCUT2D eigenvalue weighted by Gasteiger charge is -2.33. The molecule has 1 aliphatic rings. The van der Waals surface area contributed by atoms with E-state index in [-0.39, 0.29) is 6.10 Å². The van der Waals surface area contributed by atoms with Crippen molar-refractivity contribution in [2.75, 3.05) is 24.6 Å². The summed E-state index contributed by atoms with van der Waals surface area (Å²) in [5, 5.41) is 0.382. The molecule has 1 atom stereocenters. The van der Waals surface area contributed by atoms with Crippen molar-refractivity contribution in [1.29, 1.82) is 0 Å². The quantitative estimate of drug-likeness (QED) is 0.751. The first kappa shape index (κ1) is 15.8. The summed E-state index contributed by atoms with van der Waals surface area (Å²) >= 11 is 4.15. The van der Waals surface area contributed by atoms with E-state index in [9.17, 15) is 13.2 Å². The zero-order valence-electron chi connectivity index (χ0n) is 11.3. The molecule has 0 bridgehead atoms. The summed E-state index contributed by atoms with van der Waals surface area (Å²) in [6, 6.07) is 7.68. The molecule has 1 unspecified atom stereocenters. The maximum atomic E-state index is 12.7. The number of aromatic nitrogens is 1. The monoisotopic (exact) mass is 392 g/mol. The minimum atomic E-state index is -4.34. The smallest absolute Gasteiger partial charge is 0.370 e. The van der Waals surface area contributed by atoms with Crippen LogP contribution in [0.4, 0.5) is 18.3 Å². The van der Waals surface area contributed by atoms with Crippen molar-refractivity contribution in [3.05, 3.63) is 45.4 Å². The first-order valence-corrected chi connectivity index (χ1v) is 8.20. The number of morpholine rings is 1. The summed E-state index contributed by atoms with van der Waals surface area (Å²) in [6.45, 7) is 1.46. The highest BCUT2D eigenvalue weighted by Gasteiger charge is 2.34. The van der Waals surface area contributed by atoms with Gasteiger partial charge in [0.25, 0.3) is 0 Å². The van der Waals surface area contributed by atoms with Crippen LogP contribution in [0.5, 0.6) is 0 Å². The van der Waals surface area contributed by atoms with Gasteiger partial charge in [0.15, 0.2) is 5.13 Å². The fourth-order valence-corrected chi connectivity index (χ4v) is 3.65. The minimum Gasteiger partial charge on any atom is -0.370 e. The van der Waals surface area contributed by atoms with Crippen LogP contribution in [-0.4, -0.2) is 24.7 Å². The summed E-state index contributed by atoms with van der Waals surface area (Å²) in [4.78, 5) is 5.08. The molecule has 3 rings (SSSR count). The number of nitrogens with zero attached hydrogens (tertiary/aromatic N) is 2. The van der Waals surface area contributed by atoms with E-state index < -0.39 is 11.1 Å². The van der Waals surface area contributed by atoms with E-state index in [1.807, 2.05) is 29.2 Å². The highest BCUT2D eigenvalue weighted by atomic mass is 79.9. The summed E-state index contributed by atoms with van der Waals surface area (Å²) < 4.78 is 44.7. The molecule has 1 aromatic heterocycles. The summed E-state index contributed by atoms with van der Waals surface area (Å²) in [5.74, 6) is 0. The van der Waals surface area contributed by atoms with Crippen LogP contribution in [0.3, 0.4) is 0 Å². The Hall–Kier alpha value is -1.12. The van der Waals surface area contributed by atoms with Crippen molar-refractivity contribution in [2.24, 2.45) is 0 Å². The van der Waals surface area contributed by atoms with Crippen molar-refractivity contribution in [1.82, 2.24) is 4.98 Å². The van der Waals surface area contributed by atoms with Crippen LogP contribution in [0.1, 0.15) is 16.5 Å². The third kappa shape index (κ3) is 3.28. The average Bonchev–Trinajstić information content (AvgIpc) is 2.98. The number of hydrogen-bond acceptors (Lipinski definition) is 4. The third-order valence-electron chi connectivity index (χ3n) is 3.36. The normalized spacial score (nSPS) is 19.5. The minimum absolute atomic E-state index is 0.192. The fourth-order valence-electron chi connectivity index (χ4n) is 2.29. The van der Waals surface area contributed by atoms with Crippen LogP contribution < -0.4 is 4.90 Å². The number of ether oxygens (including phenoxy) is 1. The largest absolute Gasteiger partial charge is 0.427 e. The average molecular weight is 393 g/mol.